The van der Waals surface area contributed by atoms with E-state index in [1.807, 2.05) is 20.8 Å². The molecule has 0 saturated heterocycles. The van der Waals surface area contributed by atoms with Crippen molar-refractivity contribution >= 4 is 27.3 Å². The third-order valence-electron chi connectivity index (χ3n) is 2.90. The number of benzene rings is 1. The standard InChI is InChI=1S/C13H19ClN2O4S/c1-9-7-10(14)11(16(17)18)8-12(9)21(19,20)15-6-5-13(2,3)4/h7-8,15H,5-6H2,1-4H3. The lowest BCUT2D eigenvalue weighted by atomic mass is 9.93. The van der Waals surface area contributed by atoms with Crippen LogP contribution in [0.15, 0.2) is 17.0 Å². The first-order chi connectivity index (χ1) is 9.44. The number of hydrogen-bond donors (Lipinski definition) is 1. The molecule has 0 fully saturated rings. The third-order valence-corrected chi connectivity index (χ3v) is 4.80. The number of nitrogens with one attached hydrogen (secondary N) is 1. The highest BCUT2D eigenvalue weighted by atomic mass is 35.5. The minimum atomic E-state index is -3.80. The summed E-state index contributed by atoms with van der Waals surface area (Å²) in [5, 5.41) is 10.8. The lowest BCUT2D eigenvalue weighted by molar-refractivity contribution is -0.384. The average Bonchev–Trinajstić information content (AvgIpc) is 2.25. The van der Waals surface area contributed by atoms with Gasteiger partial charge in [0, 0.05) is 12.6 Å². The molecular formula is C13H19ClN2O4S. The molecule has 6 nitrogen and oxygen atoms in total. The van der Waals surface area contributed by atoms with Gasteiger partial charge in [-0.3, -0.25) is 10.1 Å². The van der Waals surface area contributed by atoms with Crippen molar-refractivity contribution < 1.29 is 13.3 Å². The molecule has 21 heavy (non-hydrogen) atoms. The molecular weight excluding hydrogens is 316 g/mol. The minimum Gasteiger partial charge on any atom is -0.258 e. The van der Waals surface area contributed by atoms with Crippen LogP contribution in [0.4, 0.5) is 5.69 Å². The van der Waals surface area contributed by atoms with Gasteiger partial charge in [0.05, 0.1) is 9.82 Å². The fourth-order valence-corrected chi connectivity index (χ4v) is 3.27. The molecule has 0 unspecified atom stereocenters. The first-order valence-electron chi connectivity index (χ1n) is 6.38. The molecule has 0 atom stereocenters. The molecule has 8 heteroatoms. The predicted octanol–water partition coefficient (Wildman–Crippen LogP) is 3.27. The van der Waals surface area contributed by atoms with Crippen LogP contribution in [0, 0.1) is 22.5 Å². The molecule has 0 amide bonds. The van der Waals surface area contributed by atoms with Gasteiger partial charge in [-0.25, -0.2) is 13.1 Å². The average molecular weight is 335 g/mol. The SMILES string of the molecule is Cc1cc(Cl)c([N+](=O)[O-])cc1S(=O)(=O)NCCC(C)(C)C. The second-order valence-electron chi connectivity index (χ2n) is 6.03. The number of nitrogens with zero attached hydrogens (tertiary/aromatic N) is 1. The number of sulfonamides is 1. The molecule has 1 aromatic carbocycles. The monoisotopic (exact) mass is 334 g/mol. The Labute approximate surface area is 129 Å². The minimum absolute atomic E-state index is 0.0104. The summed E-state index contributed by atoms with van der Waals surface area (Å²) in [5.41, 5.74) is -0.0591. The molecule has 0 radical (unpaired) electrons. The van der Waals surface area contributed by atoms with E-state index in [0.29, 0.717) is 12.0 Å². The van der Waals surface area contributed by atoms with Crippen molar-refractivity contribution in [2.75, 3.05) is 6.54 Å². The van der Waals surface area contributed by atoms with Crippen LogP contribution in [0.5, 0.6) is 0 Å². The highest BCUT2D eigenvalue weighted by Gasteiger charge is 2.23. The van der Waals surface area contributed by atoms with Gasteiger partial charge in [0.1, 0.15) is 5.02 Å². The third kappa shape index (κ3) is 4.94. The summed E-state index contributed by atoms with van der Waals surface area (Å²) >= 11 is 5.75. The zero-order chi connectivity index (χ0) is 16.4. The second-order valence-corrected chi connectivity index (χ2v) is 8.18. The summed E-state index contributed by atoms with van der Waals surface area (Å²) in [7, 11) is -3.80. The summed E-state index contributed by atoms with van der Waals surface area (Å²) in [6.07, 6.45) is 0.654. The number of nitro benzene ring substituents is 1. The molecule has 0 aromatic heterocycles. The Morgan fingerprint density at radius 1 is 1.33 bits per heavy atom. The van der Waals surface area contributed by atoms with E-state index < -0.39 is 20.6 Å². The van der Waals surface area contributed by atoms with E-state index in [9.17, 15) is 18.5 Å². The van der Waals surface area contributed by atoms with Gasteiger partial charge in [0.15, 0.2) is 0 Å². The fraction of sp³-hybridized carbons (Fsp3) is 0.538. The number of aryl methyl sites for hydroxylation is 1. The Kier molecular flexibility index (Phi) is 5.35. The maximum atomic E-state index is 12.2. The summed E-state index contributed by atoms with van der Waals surface area (Å²) in [4.78, 5) is 10.0. The summed E-state index contributed by atoms with van der Waals surface area (Å²) in [5.74, 6) is 0. The van der Waals surface area contributed by atoms with Gasteiger partial charge in [0.25, 0.3) is 5.69 Å². The van der Waals surface area contributed by atoms with Crippen molar-refractivity contribution in [2.24, 2.45) is 5.41 Å². The number of nitro groups is 1. The van der Waals surface area contributed by atoms with Gasteiger partial charge < -0.3 is 0 Å². The van der Waals surface area contributed by atoms with Crippen LogP contribution < -0.4 is 4.72 Å². The molecule has 1 aromatic rings. The van der Waals surface area contributed by atoms with Gasteiger partial charge in [-0.15, -0.1) is 0 Å². The highest BCUT2D eigenvalue weighted by molar-refractivity contribution is 7.89. The largest absolute Gasteiger partial charge is 0.289 e. The van der Waals surface area contributed by atoms with Gasteiger partial charge in [-0.2, -0.15) is 0 Å². The Morgan fingerprint density at radius 2 is 1.90 bits per heavy atom. The van der Waals surface area contributed by atoms with E-state index in [4.69, 9.17) is 11.6 Å². The topological polar surface area (TPSA) is 89.3 Å². The lowest BCUT2D eigenvalue weighted by Crippen LogP contribution is -2.28. The molecule has 118 valence electrons. The maximum Gasteiger partial charge on any atom is 0.289 e. The lowest BCUT2D eigenvalue weighted by Gasteiger charge is -2.18. The van der Waals surface area contributed by atoms with E-state index in [2.05, 4.69) is 4.72 Å². The van der Waals surface area contributed by atoms with Crippen LogP contribution in [0.25, 0.3) is 0 Å². The zero-order valence-electron chi connectivity index (χ0n) is 12.4. The van der Waals surface area contributed by atoms with Crippen LogP contribution in [-0.2, 0) is 10.0 Å². The number of rotatable bonds is 5. The summed E-state index contributed by atoms with van der Waals surface area (Å²) < 4.78 is 27.0. The van der Waals surface area contributed by atoms with Crippen LogP contribution >= 0.6 is 11.6 Å². The van der Waals surface area contributed by atoms with Crippen molar-refractivity contribution in [3.63, 3.8) is 0 Å². The number of hydrogen-bond acceptors (Lipinski definition) is 4. The highest BCUT2D eigenvalue weighted by Crippen LogP contribution is 2.30. The molecule has 0 heterocycles. The van der Waals surface area contributed by atoms with Crippen molar-refractivity contribution in [1.29, 1.82) is 0 Å². The Balaban J connectivity index is 3.08. The van der Waals surface area contributed by atoms with Crippen molar-refractivity contribution in [3.8, 4) is 0 Å². The molecule has 0 bridgehead atoms. The second kappa shape index (κ2) is 6.29. The molecule has 1 rings (SSSR count). The number of halogens is 1. The van der Waals surface area contributed by atoms with Gasteiger partial charge in [0.2, 0.25) is 10.0 Å². The predicted molar refractivity (Wildman–Crippen MR) is 82.1 cm³/mol. The molecule has 0 saturated carbocycles. The smallest absolute Gasteiger partial charge is 0.258 e. The summed E-state index contributed by atoms with van der Waals surface area (Å²) in [6, 6.07) is 2.29. The van der Waals surface area contributed by atoms with Crippen molar-refractivity contribution in [1.82, 2.24) is 4.72 Å². The van der Waals surface area contributed by atoms with Gasteiger partial charge >= 0.3 is 0 Å². The molecule has 0 aliphatic rings. The Morgan fingerprint density at radius 3 is 2.38 bits per heavy atom. The van der Waals surface area contributed by atoms with Gasteiger partial charge in [-0.1, -0.05) is 32.4 Å². The maximum absolute atomic E-state index is 12.2. The van der Waals surface area contributed by atoms with E-state index in [0.717, 1.165) is 6.07 Å². The molecule has 1 N–H and O–H groups in total. The van der Waals surface area contributed by atoms with E-state index in [1.165, 1.54) is 6.07 Å². The van der Waals surface area contributed by atoms with Crippen LogP contribution in [-0.4, -0.2) is 19.9 Å². The molecule has 0 aliphatic carbocycles. The first kappa shape index (κ1) is 17.9. The van der Waals surface area contributed by atoms with E-state index in [-0.39, 0.29) is 21.9 Å². The van der Waals surface area contributed by atoms with E-state index >= 15 is 0 Å². The molecule has 0 aliphatic heterocycles. The zero-order valence-corrected chi connectivity index (χ0v) is 14.0. The van der Waals surface area contributed by atoms with Crippen LogP contribution in [0.2, 0.25) is 5.02 Å². The van der Waals surface area contributed by atoms with Gasteiger partial charge in [-0.05, 0) is 30.4 Å². The quantitative estimate of drug-likeness (QED) is 0.661. The Hall–Kier alpha value is -1.18. The first-order valence-corrected chi connectivity index (χ1v) is 8.24. The van der Waals surface area contributed by atoms with Crippen LogP contribution in [0.1, 0.15) is 32.8 Å². The van der Waals surface area contributed by atoms with Crippen LogP contribution in [0.3, 0.4) is 0 Å². The fourth-order valence-electron chi connectivity index (χ4n) is 1.71. The Bertz CT molecular complexity index is 651. The normalized spacial score (nSPS) is 12.4. The van der Waals surface area contributed by atoms with Crippen molar-refractivity contribution in [3.05, 3.63) is 32.8 Å². The summed E-state index contributed by atoms with van der Waals surface area (Å²) in [6.45, 7) is 7.81. The van der Waals surface area contributed by atoms with E-state index in [1.54, 1.807) is 6.92 Å². The molecule has 0 spiro atoms. The van der Waals surface area contributed by atoms with Crippen molar-refractivity contribution in [2.45, 2.75) is 39.0 Å².